The lowest BCUT2D eigenvalue weighted by Gasteiger charge is -2.14. The molecule has 1 atom stereocenters. The Bertz CT molecular complexity index is 541. The molecule has 0 fully saturated rings. The first-order valence-corrected chi connectivity index (χ1v) is 7.40. The van der Waals surface area contributed by atoms with E-state index in [1.54, 1.807) is 25.2 Å². The Morgan fingerprint density at radius 3 is 2.84 bits per heavy atom. The predicted octanol–water partition coefficient (Wildman–Crippen LogP) is 1.73. The first kappa shape index (κ1) is 15.2. The quantitative estimate of drug-likeness (QED) is 0.693. The SMILES string of the molecule is CCCS(=O)(=O)ON=C1C=C(OC)C=CC1CC#N. The van der Waals surface area contributed by atoms with E-state index in [0.29, 0.717) is 17.9 Å². The molecule has 0 bridgehead atoms. The number of nitrogens with zero attached hydrogens (tertiary/aromatic N) is 2. The first-order valence-electron chi connectivity index (χ1n) is 5.82. The van der Waals surface area contributed by atoms with Crippen LogP contribution < -0.4 is 0 Å². The van der Waals surface area contributed by atoms with E-state index >= 15 is 0 Å². The van der Waals surface area contributed by atoms with Gasteiger partial charge in [0.05, 0.1) is 24.6 Å². The Labute approximate surface area is 113 Å². The molecule has 1 aliphatic carbocycles. The molecule has 1 aliphatic rings. The van der Waals surface area contributed by atoms with Gasteiger partial charge in [0, 0.05) is 18.4 Å². The molecule has 0 amide bonds. The highest BCUT2D eigenvalue weighted by atomic mass is 32.2. The highest BCUT2D eigenvalue weighted by Gasteiger charge is 2.18. The molecule has 104 valence electrons. The van der Waals surface area contributed by atoms with Crippen LogP contribution in [-0.4, -0.2) is 27.0 Å². The van der Waals surface area contributed by atoms with Crippen molar-refractivity contribution < 1.29 is 17.4 Å². The maximum atomic E-state index is 11.4. The zero-order valence-electron chi connectivity index (χ0n) is 10.9. The summed E-state index contributed by atoms with van der Waals surface area (Å²) in [5.74, 6) is 0.147. The summed E-state index contributed by atoms with van der Waals surface area (Å²) >= 11 is 0. The second kappa shape index (κ2) is 6.95. The fourth-order valence-corrected chi connectivity index (χ4v) is 2.26. The van der Waals surface area contributed by atoms with Crippen LogP contribution in [0.5, 0.6) is 0 Å². The molecule has 6 nitrogen and oxygen atoms in total. The largest absolute Gasteiger partial charge is 0.497 e. The normalized spacial score (nSPS) is 20.8. The second-order valence-corrected chi connectivity index (χ2v) is 5.60. The number of oxime groups is 1. The summed E-state index contributed by atoms with van der Waals surface area (Å²) in [6.45, 7) is 1.73. The van der Waals surface area contributed by atoms with Crippen molar-refractivity contribution in [2.24, 2.45) is 11.1 Å². The minimum atomic E-state index is -3.66. The van der Waals surface area contributed by atoms with Crippen LogP contribution in [0.25, 0.3) is 0 Å². The van der Waals surface area contributed by atoms with Gasteiger partial charge < -0.3 is 4.74 Å². The zero-order valence-corrected chi connectivity index (χ0v) is 11.7. The molecule has 0 aromatic rings. The maximum absolute atomic E-state index is 11.4. The lowest BCUT2D eigenvalue weighted by molar-refractivity contribution is 0.304. The van der Waals surface area contributed by atoms with Crippen molar-refractivity contribution in [3.63, 3.8) is 0 Å². The van der Waals surface area contributed by atoms with Gasteiger partial charge in [-0.1, -0.05) is 18.2 Å². The number of allylic oxidation sites excluding steroid dienone is 3. The molecule has 0 saturated carbocycles. The molecule has 19 heavy (non-hydrogen) atoms. The molecule has 0 aromatic carbocycles. The van der Waals surface area contributed by atoms with E-state index in [-0.39, 0.29) is 18.1 Å². The summed E-state index contributed by atoms with van der Waals surface area (Å²) in [6.07, 6.45) is 5.65. The fourth-order valence-electron chi connectivity index (χ4n) is 1.49. The van der Waals surface area contributed by atoms with Crippen LogP contribution >= 0.6 is 0 Å². The van der Waals surface area contributed by atoms with E-state index in [9.17, 15) is 8.42 Å². The molecule has 0 saturated heterocycles. The molecule has 0 radical (unpaired) electrons. The van der Waals surface area contributed by atoms with Crippen LogP contribution in [0.1, 0.15) is 19.8 Å². The van der Waals surface area contributed by atoms with Gasteiger partial charge >= 0.3 is 10.1 Å². The Morgan fingerprint density at radius 1 is 1.53 bits per heavy atom. The van der Waals surface area contributed by atoms with E-state index in [1.807, 2.05) is 6.07 Å². The molecule has 0 aliphatic heterocycles. The van der Waals surface area contributed by atoms with Gasteiger partial charge in [-0.3, -0.25) is 4.28 Å². The Morgan fingerprint density at radius 2 is 2.26 bits per heavy atom. The van der Waals surface area contributed by atoms with Crippen LogP contribution in [0.3, 0.4) is 0 Å². The summed E-state index contributed by atoms with van der Waals surface area (Å²) in [4.78, 5) is 0. The fraction of sp³-hybridized carbons (Fsp3) is 0.500. The highest BCUT2D eigenvalue weighted by molar-refractivity contribution is 7.86. The van der Waals surface area contributed by atoms with Crippen molar-refractivity contribution in [1.82, 2.24) is 0 Å². The standard InChI is InChI=1S/C12H16N2O4S/c1-3-8-19(15,16)18-14-12-9-11(17-2)5-4-10(12)6-7-13/h4-5,9-10H,3,6,8H2,1-2H3. The van der Waals surface area contributed by atoms with Gasteiger partial charge in [0.15, 0.2) is 0 Å². The van der Waals surface area contributed by atoms with E-state index in [1.165, 1.54) is 7.11 Å². The van der Waals surface area contributed by atoms with E-state index in [0.717, 1.165) is 0 Å². The molecule has 1 unspecified atom stereocenters. The van der Waals surface area contributed by atoms with Gasteiger partial charge in [0.25, 0.3) is 0 Å². The van der Waals surface area contributed by atoms with E-state index in [2.05, 4.69) is 9.44 Å². The molecule has 1 rings (SSSR count). The highest BCUT2D eigenvalue weighted by Crippen LogP contribution is 2.18. The van der Waals surface area contributed by atoms with E-state index in [4.69, 9.17) is 10.00 Å². The summed E-state index contributed by atoms with van der Waals surface area (Å²) in [5.41, 5.74) is 0.362. The lowest BCUT2D eigenvalue weighted by atomic mass is 9.95. The third kappa shape index (κ3) is 4.75. The van der Waals surface area contributed by atoms with Crippen molar-refractivity contribution in [3.8, 4) is 6.07 Å². The number of rotatable bonds is 6. The van der Waals surface area contributed by atoms with Crippen LogP contribution in [0.4, 0.5) is 0 Å². The van der Waals surface area contributed by atoms with Gasteiger partial charge in [-0.2, -0.15) is 13.7 Å². The van der Waals surface area contributed by atoms with Crippen LogP contribution in [0, 0.1) is 17.2 Å². The summed E-state index contributed by atoms with van der Waals surface area (Å²) in [7, 11) is -2.17. The first-order chi connectivity index (χ1) is 9.02. The Balaban J connectivity index is 2.90. The summed E-state index contributed by atoms with van der Waals surface area (Å²) in [6, 6.07) is 2.02. The average molecular weight is 284 g/mol. The number of hydrogen-bond acceptors (Lipinski definition) is 6. The summed E-state index contributed by atoms with van der Waals surface area (Å²) < 4.78 is 32.5. The monoisotopic (exact) mass is 284 g/mol. The van der Waals surface area contributed by atoms with E-state index < -0.39 is 10.1 Å². The Hall–Kier alpha value is -1.81. The van der Waals surface area contributed by atoms with Crippen molar-refractivity contribution in [2.75, 3.05) is 12.9 Å². The molecular weight excluding hydrogens is 268 g/mol. The molecule has 7 heteroatoms. The molecule has 0 spiro atoms. The topological polar surface area (TPSA) is 88.8 Å². The molecule has 0 N–H and O–H groups in total. The number of ether oxygens (including phenoxy) is 1. The van der Waals surface area contributed by atoms with Crippen molar-refractivity contribution in [3.05, 3.63) is 24.0 Å². The lowest BCUT2D eigenvalue weighted by Crippen LogP contribution is -2.16. The third-order valence-corrected chi connectivity index (χ3v) is 3.63. The van der Waals surface area contributed by atoms with Crippen LogP contribution in [0.2, 0.25) is 0 Å². The van der Waals surface area contributed by atoms with Gasteiger partial charge in [-0.05, 0) is 12.5 Å². The van der Waals surface area contributed by atoms with Gasteiger partial charge in [0.1, 0.15) is 5.76 Å². The molecule has 0 aromatic heterocycles. The van der Waals surface area contributed by atoms with Gasteiger partial charge in [-0.15, -0.1) is 0 Å². The average Bonchev–Trinajstić information content (AvgIpc) is 2.38. The number of methoxy groups -OCH3 is 1. The molecular formula is C12H16N2O4S. The zero-order chi connectivity index (χ0) is 14.3. The van der Waals surface area contributed by atoms with Crippen molar-refractivity contribution in [2.45, 2.75) is 19.8 Å². The number of nitriles is 1. The maximum Gasteiger partial charge on any atom is 0.328 e. The predicted molar refractivity (Wildman–Crippen MR) is 70.5 cm³/mol. The van der Waals surface area contributed by atoms with Crippen molar-refractivity contribution >= 4 is 15.8 Å². The van der Waals surface area contributed by atoms with Crippen LogP contribution in [-0.2, 0) is 19.1 Å². The Kier molecular flexibility index (Phi) is 5.57. The smallest absolute Gasteiger partial charge is 0.328 e. The third-order valence-electron chi connectivity index (χ3n) is 2.42. The van der Waals surface area contributed by atoms with Crippen LogP contribution in [0.15, 0.2) is 29.1 Å². The minimum Gasteiger partial charge on any atom is -0.497 e. The van der Waals surface area contributed by atoms with Gasteiger partial charge in [0.2, 0.25) is 0 Å². The number of hydrogen-bond donors (Lipinski definition) is 0. The molecule has 0 heterocycles. The van der Waals surface area contributed by atoms with Crippen molar-refractivity contribution in [1.29, 1.82) is 5.26 Å². The second-order valence-electron chi connectivity index (χ2n) is 3.93. The summed E-state index contributed by atoms with van der Waals surface area (Å²) in [5, 5.41) is 12.4. The van der Waals surface area contributed by atoms with Gasteiger partial charge in [-0.25, -0.2) is 0 Å². The minimum absolute atomic E-state index is 0.0939.